The van der Waals surface area contributed by atoms with Crippen LogP contribution in [0.5, 0.6) is 17.6 Å². The first-order valence-corrected chi connectivity index (χ1v) is 18.5. The lowest BCUT2D eigenvalue weighted by atomic mass is 9.94. The number of fused-ring (bicyclic) bond motifs is 1. The second kappa shape index (κ2) is 16.5. The van der Waals surface area contributed by atoms with E-state index in [0.29, 0.717) is 52.7 Å². The predicted octanol–water partition coefficient (Wildman–Crippen LogP) is 6.31. The number of hydrogen-bond donors (Lipinski definition) is 4. The van der Waals surface area contributed by atoms with Crippen LogP contribution in [-0.4, -0.2) is 69.3 Å². The molecule has 0 amide bonds. The second-order valence-corrected chi connectivity index (χ2v) is 14.3. The fourth-order valence-electron chi connectivity index (χ4n) is 6.67. The number of aliphatic hydroxyl groups is 1. The van der Waals surface area contributed by atoms with Gasteiger partial charge >= 0.3 is 5.97 Å². The number of carboxylic acid groups (broad SMARTS) is 1. The van der Waals surface area contributed by atoms with Crippen LogP contribution in [0.1, 0.15) is 52.8 Å². The first kappa shape index (κ1) is 38.5. The van der Waals surface area contributed by atoms with Gasteiger partial charge in [-0.1, -0.05) is 59.6 Å². The molecule has 0 bridgehead atoms. The highest BCUT2D eigenvalue weighted by molar-refractivity contribution is 6.36. The molecule has 5 aromatic rings. The van der Waals surface area contributed by atoms with Gasteiger partial charge in [0.25, 0.3) is 0 Å². The van der Waals surface area contributed by atoms with Gasteiger partial charge in [0.15, 0.2) is 0 Å². The van der Waals surface area contributed by atoms with Crippen LogP contribution >= 0.6 is 23.2 Å². The van der Waals surface area contributed by atoms with Crippen molar-refractivity contribution in [3.05, 3.63) is 116 Å². The van der Waals surface area contributed by atoms with E-state index in [1.165, 1.54) is 13.1 Å². The molecular weight excluding hydrogens is 757 g/mol. The molecular formula is C41H37Cl2N7O6. The van der Waals surface area contributed by atoms with E-state index < -0.39 is 24.2 Å². The number of halogens is 2. The lowest BCUT2D eigenvalue weighted by Crippen LogP contribution is -2.52. The van der Waals surface area contributed by atoms with Crippen molar-refractivity contribution in [1.82, 2.24) is 25.6 Å². The third-order valence-corrected chi connectivity index (χ3v) is 10.4. The van der Waals surface area contributed by atoms with Crippen molar-refractivity contribution in [2.45, 2.75) is 44.6 Å². The van der Waals surface area contributed by atoms with Crippen LogP contribution in [-0.2, 0) is 24.4 Å². The summed E-state index contributed by atoms with van der Waals surface area (Å²) in [5, 5.41) is 35.7. The van der Waals surface area contributed by atoms with E-state index in [0.717, 1.165) is 45.8 Å². The van der Waals surface area contributed by atoms with Gasteiger partial charge < -0.3 is 29.7 Å². The van der Waals surface area contributed by atoms with Gasteiger partial charge in [0.2, 0.25) is 17.6 Å². The maximum absolute atomic E-state index is 11.9. The topological polar surface area (TPSA) is 184 Å². The number of aliphatic carboxylic acids is 1. The van der Waals surface area contributed by atoms with E-state index in [4.69, 9.17) is 42.4 Å². The Morgan fingerprint density at radius 3 is 2.59 bits per heavy atom. The summed E-state index contributed by atoms with van der Waals surface area (Å²) in [4.78, 5) is 29.9. The number of methoxy groups -OCH3 is 1. The largest absolute Gasteiger partial charge is 0.480 e. The van der Waals surface area contributed by atoms with Crippen molar-refractivity contribution >= 4 is 35.0 Å². The third kappa shape index (κ3) is 7.82. The average molecular weight is 795 g/mol. The maximum atomic E-state index is 11.9. The number of aliphatic imine (C=N–C) groups is 1. The van der Waals surface area contributed by atoms with Crippen molar-refractivity contribution < 1.29 is 29.2 Å². The Kier molecular flexibility index (Phi) is 11.4. The monoisotopic (exact) mass is 793 g/mol. The third-order valence-electron chi connectivity index (χ3n) is 9.76. The quantitative estimate of drug-likeness (QED) is 0.0984. The van der Waals surface area contributed by atoms with Crippen LogP contribution in [0.4, 0.5) is 0 Å². The van der Waals surface area contributed by atoms with Crippen LogP contribution in [0.2, 0.25) is 10.0 Å². The van der Waals surface area contributed by atoms with Gasteiger partial charge in [0.05, 0.1) is 42.1 Å². The highest BCUT2D eigenvalue weighted by atomic mass is 35.5. The highest BCUT2D eigenvalue weighted by Gasteiger charge is 2.33. The van der Waals surface area contributed by atoms with Crippen LogP contribution in [0.3, 0.4) is 0 Å². The number of pyridine rings is 3. The molecule has 15 heteroatoms. The molecule has 1 aliphatic heterocycles. The van der Waals surface area contributed by atoms with Crippen molar-refractivity contribution in [1.29, 1.82) is 5.26 Å². The summed E-state index contributed by atoms with van der Waals surface area (Å²) in [6.07, 6.45) is 3.95. The molecule has 1 aliphatic carbocycles. The number of nitriles is 1. The molecule has 0 radical (unpaired) electrons. The minimum absolute atomic E-state index is 0.00812. The second-order valence-electron chi connectivity index (χ2n) is 13.5. The molecule has 0 spiro atoms. The predicted molar refractivity (Wildman–Crippen MR) is 210 cm³/mol. The molecule has 0 saturated carbocycles. The van der Waals surface area contributed by atoms with Gasteiger partial charge in [-0.3, -0.25) is 20.1 Å². The zero-order valence-electron chi connectivity index (χ0n) is 30.5. The van der Waals surface area contributed by atoms with Gasteiger partial charge in [0, 0.05) is 47.7 Å². The SMILES string of the molecule is COc1nc(-c2cccc(-c3cccc4c3CC[C@@H]4Oc3nc(OCc4cncc(C#N)c4)c(CN[C@@](C)(CO)C(=O)O)cc3Cl)c2Cl)ccc1C1=NCCN1. The van der Waals surface area contributed by atoms with Crippen LogP contribution in [0.15, 0.2) is 78.0 Å². The normalized spacial score (nSPS) is 15.6. The fraction of sp³-hybridized carbons (Fsp3) is 0.268. The van der Waals surface area contributed by atoms with E-state index in [9.17, 15) is 20.3 Å². The summed E-state index contributed by atoms with van der Waals surface area (Å²) in [6.45, 7) is 2.15. The molecule has 0 unspecified atom stereocenters. The molecule has 2 aliphatic rings. The number of nitrogens with one attached hydrogen (secondary N) is 2. The van der Waals surface area contributed by atoms with Crippen molar-refractivity contribution in [2.75, 3.05) is 26.8 Å². The molecule has 2 atom stereocenters. The first-order chi connectivity index (χ1) is 27.1. The Balaban J connectivity index is 1.17. The van der Waals surface area contributed by atoms with Crippen molar-refractivity contribution in [3.8, 4) is 46.1 Å². The molecule has 13 nitrogen and oxygen atoms in total. The Labute approximate surface area is 333 Å². The number of carbonyl (C=O) groups is 1. The number of carboxylic acids is 1. The Bertz CT molecular complexity index is 2390. The molecule has 0 fully saturated rings. The van der Waals surface area contributed by atoms with Crippen LogP contribution in [0.25, 0.3) is 22.4 Å². The van der Waals surface area contributed by atoms with Crippen LogP contribution in [0, 0.1) is 11.3 Å². The molecule has 4 N–H and O–H groups in total. The molecule has 4 heterocycles. The lowest BCUT2D eigenvalue weighted by Gasteiger charge is -2.24. The van der Waals surface area contributed by atoms with E-state index in [1.807, 2.05) is 48.5 Å². The average Bonchev–Trinajstić information content (AvgIpc) is 3.91. The molecule has 56 heavy (non-hydrogen) atoms. The Morgan fingerprint density at radius 1 is 1.04 bits per heavy atom. The zero-order chi connectivity index (χ0) is 39.4. The summed E-state index contributed by atoms with van der Waals surface area (Å²) in [7, 11) is 1.58. The smallest absolute Gasteiger partial charge is 0.326 e. The van der Waals surface area contributed by atoms with Gasteiger partial charge in [-0.25, -0.2) is 4.98 Å². The number of benzene rings is 2. The summed E-state index contributed by atoms with van der Waals surface area (Å²) >= 11 is 13.9. The number of amidine groups is 1. The number of nitrogens with zero attached hydrogens (tertiary/aromatic N) is 5. The fourth-order valence-corrected chi connectivity index (χ4v) is 7.21. The maximum Gasteiger partial charge on any atom is 0.326 e. The summed E-state index contributed by atoms with van der Waals surface area (Å²) in [5.41, 5.74) is 5.87. The zero-order valence-corrected chi connectivity index (χ0v) is 32.0. The number of aromatic nitrogens is 3. The molecule has 0 saturated heterocycles. The first-order valence-electron chi connectivity index (χ1n) is 17.8. The Morgan fingerprint density at radius 2 is 1.84 bits per heavy atom. The minimum Gasteiger partial charge on any atom is -0.480 e. The van der Waals surface area contributed by atoms with Crippen molar-refractivity contribution in [2.24, 2.45) is 4.99 Å². The van der Waals surface area contributed by atoms with Gasteiger partial charge in [0.1, 0.15) is 35.2 Å². The number of aliphatic hydroxyl groups excluding tert-OH is 1. The standard InChI is InChI=1S/C41H37Cl2N7O6/c1-41(22-51,40(52)53)48-20-25-16-32(42)39(50-37(25)55-21-24-15-23(17-44)18-45-19-24)56-34-12-10-27-26(5-3-6-28(27)34)29-7-4-8-30(35(29)43)33-11-9-31(38(49-33)54-2)36-46-13-14-47-36/h3-9,11,15-16,18-19,34,48,51H,10,12-14,20-22H2,1-2H3,(H,46,47)(H,52,53)/t34-,41-/m0/s1. The lowest BCUT2D eigenvalue weighted by molar-refractivity contribution is -0.145. The summed E-state index contributed by atoms with van der Waals surface area (Å²) in [5.74, 6) is 0.241. The number of ether oxygens (including phenoxy) is 3. The summed E-state index contributed by atoms with van der Waals surface area (Å²) in [6, 6.07) is 21.1. The summed E-state index contributed by atoms with van der Waals surface area (Å²) < 4.78 is 18.3. The molecule has 7 rings (SSSR count). The van der Waals surface area contributed by atoms with Gasteiger partial charge in [-0.15, -0.1) is 0 Å². The number of hydrogen-bond acceptors (Lipinski definition) is 12. The Hall–Kier alpha value is -5.78. The molecule has 286 valence electrons. The molecule has 3 aromatic heterocycles. The molecule has 2 aromatic carbocycles. The highest BCUT2D eigenvalue weighted by Crippen LogP contribution is 2.45. The van der Waals surface area contributed by atoms with E-state index >= 15 is 0 Å². The van der Waals surface area contributed by atoms with E-state index in [2.05, 4.69) is 31.7 Å². The van der Waals surface area contributed by atoms with E-state index in [-0.39, 0.29) is 29.9 Å². The van der Waals surface area contributed by atoms with Gasteiger partial charge in [-0.2, -0.15) is 10.2 Å². The van der Waals surface area contributed by atoms with Crippen LogP contribution < -0.4 is 24.8 Å². The number of rotatable bonds is 14. The minimum atomic E-state index is -1.63. The van der Waals surface area contributed by atoms with Crippen molar-refractivity contribution in [3.63, 3.8) is 0 Å². The van der Waals surface area contributed by atoms with E-state index in [1.54, 1.807) is 25.4 Å². The van der Waals surface area contributed by atoms with Gasteiger partial charge in [-0.05, 0) is 60.7 Å².